The van der Waals surface area contributed by atoms with Gasteiger partial charge in [0, 0.05) is 23.5 Å². The van der Waals surface area contributed by atoms with Crippen LogP contribution in [0.3, 0.4) is 0 Å². The third kappa shape index (κ3) is 3.84. The molecule has 1 aliphatic rings. The lowest BCUT2D eigenvalue weighted by Crippen LogP contribution is -2.55. The molecule has 3 unspecified atom stereocenters. The van der Waals surface area contributed by atoms with E-state index in [2.05, 4.69) is 24.5 Å². The predicted octanol–water partition coefficient (Wildman–Crippen LogP) is 2.29. The van der Waals surface area contributed by atoms with Gasteiger partial charge in [0.25, 0.3) is 5.91 Å². The van der Waals surface area contributed by atoms with Gasteiger partial charge in [-0.25, -0.2) is 0 Å². The van der Waals surface area contributed by atoms with Crippen LogP contribution in [-0.2, 0) is 0 Å². The Labute approximate surface area is 124 Å². The fraction of sp³-hybridized carbons (Fsp3) is 0.615. The Morgan fingerprint density at radius 2 is 2.26 bits per heavy atom. The molecule has 0 aliphatic carbocycles. The van der Waals surface area contributed by atoms with Crippen molar-refractivity contribution in [2.75, 3.05) is 13.7 Å². The van der Waals surface area contributed by atoms with Crippen molar-refractivity contribution in [2.24, 2.45) is 5.92 Å². The molecule has 108 valence electrons. The number of carbonyl (C=O) groups is 1. The number of thiophene rings is 1. The smallest absolute Gasteiger partial charge is 0.261 e. The molecule has 1 aromatic rings. The van der Waals surface area contributed by atoms with Gasteiger partial charge >= 0.3 is 0 Å². The third-order valence-corrected chi connectivity index (χ3v) is 4.46. The summed E-state index contributed by atoms with van der Waals surface area (Å²) < 4.78 is 5.10. The van der Waals surface area contributed by atoms with Crippen molar-refractivity contribution < 1.29 is 9.53 Å². The van der Waals surface area contributed by atoms with Crippen molar-refractivity contribution in [3.63, 3.8) is 0 Å². The van der Waals surface area contributed by atoms with Gasteiger partial charge in [-0.1, -0.05) is 6.92 Å². The highest BCUT2D eigenvalue weighted by Crippen LogP contribution is 2.22. The number of piperidine rings is 1. The predicted molar refractivity (Wildman–Crippen MR) is 80.6 cm³/mol. The summed E-state index contributed by atoms with van der Waals surface area (Å²) in [5, 5.41) is 8.37. The van der Waals surface area contributed by atoms with Crippen LogP contribution in [0.25, 0.3) is 0 Å². The molecule has 1 aromatic heterocycles. The highest BCUT2D eigenvalue weighted by molar-refractivity contribution is 7.12. The van der Waals surface area contributed by atoms with Gasteiger partial charge in [0.2, 0.25) is 0 Å². The van der Waals surface area contributed by atoms with Gasteiger partial charge < -0.3 is 15.4 Å². The van der Waals surface area contributed by atoms with Crippen molar-refractivity contribution in [1.82, 2.24) is 10.6 Å². The van der Waals surface area contributed by atoms with E-state index in [-0.39, 0.29) is 24.4 Å². The Morgan fingerprint density at radius 3 is 2.84 bits per heavy atom. The van der Waals surface area contributed by atoms with Gasteiger partial charge in [0.1, 0.15) is 5.75 Å². The lowest BCUT2D eigenvalue weighted by Gasteiger charge is -2.35. The van der Waals surface area contributed by atoms with Crippen molar-refractivity contribution in [2.45, 2.75) is 32.4 Å². The summed E-state index contributed by atoms with van der Waals surface area (Å²) in [5.74, 6) is 1.25. The number of methoxy groups -OCH3 is 1. The maximum absolute atomic E-state index is 12.1. The molecule has 19 heavy (non-hydrogen) atoms. The van der Waals surface area contributed by atoms with Crippen molar-refractivity contribution >= 4 is 29.7 Å². The topological polar surface area (TPSA) is 50.4 Å². The molecule has 1 saturated heterocycles. The Bertz CT molecular complexity index is 415. The van der Waals surface area contributed by atoms with E-state index < -0.39 is 0 Å². The van der Waals surface area contributed by atoms with E-state index in [1.807, 2.05) is 5.38 Å². The van der Waals surface area contributed by atoms with E-state index in [0.29, 0.717) is 16.8 Å². The fourth-order valence-corrected chi connectivity index (χ4v) is 3.13. The van der Waals surface area contributed by atoms with Crippen LogP contribution in [0.4, 0.5) is 0 Å². The standard InChI is InChI=1S/C13H20N2O2S.ClH/c1-8-4-5-14-9(2)12(8)15-13(16)11-6-10(17-3)7-18-11;/h6-9,12,14H,4-5H2,1-3H3,(H,15,16);1H. The van der Waals surface area contributed by atoms with Gasteiger partial charge in [-0.2, -0.15) is 0 Å². The summed E-state index contributed by atoms with van der Waals surface area (Å²) in [6.07, 6.45) is 1.10. The number of ether oxygens (including phenoxy) is 1. The Balaban J connectivity index is 0.00000180. The molecule has 1 aliphatic heterocycles. The maximum Gasteiger partial charge on any atom is 0.261 e. The van der Waals surface area contributed by atoms with Crippen LogP contribution in [-0.4, -0.2) is 31.6 Å². The SMILES string of the molecule is COc1csc(C(=O)NC2C(C)CCNC2C)c1.Cl. The summed E-state index contributed by atoms with van der Waals surface area (Å²) >= 11 is 1.42. The fourth-order valence-electron chi connectivity index (χ4n) is 2.37. The van der Waals surface area contributed by atoms with E-state index >= 15 is 0 Å². The molecule has 6 heteroatoms. The average Bonchev–Trinajstić information content (AvgIpc) is 2.82. The lowest BCUT2D eigenvalue weighted by molar-refractivity contribution is 0.0901. The van der Waals surface area contributed by atoms with E-state index in [1.165, 1.54) is 11.3 Å². The van der Waals surface area contributed by atoms with Crippen LogP contribution in [0.2, 0.25) is 0 Å². The molecule has 0 saturated carbocycles. The zero-order valence-electron chi connectivity index (χ0n) is 11.4. The van der Waals surface area contributed by atoms with E-state index in [4.69, 9.17) is 4.74 Å². The second-order valence-electron chi connectivity index (χ2n) is 4.86. The average molecular weight is 305 g/mol. The van der Waals surface area contributed by atoms with Gasteiger partial charge in [-0.05, 0) is 25.8 Å². The summed E-state index contributed by atoms with van der Waals surface area (Å²) in [6, 6.07) is 2.30. The largest absolute Gasteiger partial charge is 0.496 e. The Kier molecular flexibility index (Phi) is 6.10. The van der Waals surface area contributed by atoms with Crippen molar-refractivity contribution in [3.05, 3.63) is 16.3 Å². The quantitative estimate of drug-likeness (QED) is 0.901. The molecule has 0 aromatic carbocycles. The van der Waals surface area contributed by atoms with Crippen LogP contribution < -0.4 is 15.4 Å². The van der Waals surface area contributed by atoms with Gasteiger partial charge in [0.05, 0.1) is 12.0 Å². The minimum absolute atomic E-state index is 0. The van der Waals surface area contributed by atoms with E-state index in [1.54, 1.807) is 13.2 Å². The molecule has 1 amide bonds. The minimum Gasteiger partial charge on any atom is -0.496 e. The number of nitrogens with one attached hydrogen (secondary N) is 2. The maximum atomic E-state index is 12.1. The highest BCUT2D eigenvalue weighted by Gasteiger charge is 2.29. The monoisotopic (exact) mass is 304 g/mol. The molecule has 0 radical (unpaired) electrons. The molecular weight excluding hydrogens is 284 g/mol. The third-order valence-electron chi connectivity index (χ3n) is 3.55. The summed E-state index contributed by atoms with van der Waals surface area (Å²) in [7, 11) is 1.61. The molecule has 2 N–H and O–H groups in total. The summed E-state index contributed by atoms with van der Waals surface area (Å²) in [5.41, 5.74) is 0. The number of hydrogen-bond donors (Lipinski definition) is 2. The van der Waals surface area contributed by atoms with Gasteiger partial charge in [-0.15, -0.1) is 23.7 Å². The van der Waals surface area contributed by atoms with Crippen molar-refractivity contribution in [1.29, 1.82) is 0 Å². The van der Waals surface area contributed by atoms with E-state index in [0.717, 1.165) is 18.7 Å². The first-order chi connectivity index (χ1) is 8.61. The molecule has 2 rings (SSSR count). The highest BCUT2D eigenvalue weighted by atomic mass is 35.5. The molecule has 0 spiro atoms. The Hall–Kier alpha value is -0.780. The second-order valence-corrected chi connectivity index (χ2v) is 5.77. The number of amides is 1. The lowest BCUT2D eigenvalue weighted by atomic mass is 9.89. The molecule has 1 fully saturated rings. The van der Waals surface area contributed by atoms with Crippen LogP contribution in [0.15, 0.2) is 11.4 Å². The van der Waals surface area contributed by atoms with Crippen molar-refractivity contribution in [3.8, 4) is 5.75 Å². The van der Waals surface area contributed by atoms with Gasteiger partial charge in [-0.3, -0.25) is 4.79 Å². The zero-order chi connectivity index (χ0) is 13.1. The second kappa shape index (κ2) is 7.12. The molecule has 4 nitrogen and oxygen atoms in total. The number of hydrogen-bond acceptors (Lipinski definition) is 4. The summed E-state index contributed by atoms with van der Waals surface area (Å²) in [6.45, 7) is 5.34. The molecule has 0 bridgehead atoms. The number of rotatable bonds is 3. The Morgan fingerprint density at radius 1 is 1.53 bits per heavy atom. The molecular formula is C13H21ClN2O2S. The summed E-state index contributed by atoms with van der Waals surface area (Å²) in [4.78, 5) is 12.9. The minimum atomic E-state index is -0.00398. The van der Waals surface area contributed by atoms with Gasteiger partial charge in [0.15, 0.2) is 0 Å². The first kappa shape index (κ1) is 16.3. The number of carbonyl (C=O) groups excluding carboxylic acids is 1. The van der Waals surface area contributed by atoms with Crippen LogP contribution in [0.5, 0.6) is 5.75 Å². The molecule has 3 atom stereocenters. The van der Waals surface area contributed by atoms with Crippen LogP contribution in [0, 0.1) is 5.92 Å². The zero-order valence-corrected chi connectivity index (χ0v) is 13.1. The number of halogens is 1. The van der Waals surface area contributed by atoms with Crippen LogP contribution in [0.1, 0.15) is 29.9 Å². The van der Waals surface area contributed by atoms with E-state index in [9.17, 15) is 4.79 Å². The van der Waals surface area contributed by atoms with Crippen LogP contribution >= 0.6 is 23.7 Å². The molecule has 2 heterocycles. The first-order valence-electron chi connectivity index (χ1n) is 6.28. The first-order valence-corrected chi connectivity index (χ1v) is 7.16. The normalized spacial score (nSPS) is 26.4.